The smallest absolute Gasteiger partial charge is 0.239 e. The van der Waals surface area contributed by atoms with Crippen molar-refractivity contribution in [3.63, 3.8) is 0 Å². The van der Waals surface area contributed by atoms with Crippen molar-refractivity contribution in [3.05, 3.63) is 60.2 Å². The van der Waals surface area contributed by atoms with Crippen molar-refractivity contribution in [1.29, 1.82) is 0 Å². The highest BCUT2D eigenvalue weighted by atomic mass is 16.2. The molecule has 0 unspecified atom stereocenters. The van der Waals surface area contributed by atoms with Crippen LogP contribution in [-0.4, -0.2) is 24.9 Å². The summed E-state index contributed by atoms with van der Waals surface area (Å²) in [5.41, 5.74) is 1.72. The Hall–Kier alpha value is -2.82. The molecule has 148 valence electrons. The van der Waals surface area contributed by atoms with Crippen molar-refractivity contribution in [2.75, 3.05) is 23.3 Å². The first-order valence-electron chi connectivity index (χ1n) is 9.95. The largest absolute Gasteiger partial charge is 0.372 e. The number of nitrogens with one attached hydrogen (secondary N) is 2. The van der Waals surface area contributed by atoms with E-state index < -0.39 is 5.41 Å². The van der Waals surface area contributed by atoms with Crippen molar-refractivity contribution in [3.8, 4) is 0 Å². The molecule has 2 N–H and O–H groups in total. The Kier molecular flexibility index (Phi) is 6.34. The van der Waals surface area contributed by atoms with E-state index >= 15 is 0 Å². The van der Waals surface area contributed by atoms with E-state index in [0.717, 1.165) is 18.7 Å². The Labute approximate surface area is 167 Å². The molecule has 0 saturated carbocycles. The lowest BCUT2D eigenvalue weighted by molar-refractivity contribution is -0.138. The molecule has 1 aliphatic rings. The predicted molar refractivity (Wildman–Crippen MR) is 113 cm³/mol. The molecule has 0 aromatic heterocycles. The van der Waals surface area contributed by atoms with Crippen LogP contribution in [0.4, 0.5) is 11.4 Å². The summed E-state index contributed by atoms with van der Waals surface area (Å²) in [5, 5.41) is 5.72. The number of rotatable bonds is 6. The summed E-state index contributed by atoms with van der Waals surface area (Å²) in [6.45, 7) is 5.86. The molecule has 2 amide bonds. The number of anilines is 2. The van der Waals surface area contributed by atoms with Crippen molar-refractivity contribution < 1.29 is 9.59 Å². The van der Waals surface area contributed by atoms with Gasteiger partial charge in [0.15, 0.2) is 0 Å². The standard InChI is InChI=1S/C23H29N3O2/c1-23(2,21(27)24-17-18-9-5-3-6-10-18)22(28)25-19-11-13-20(14-12-19)26-15-7-4-8-16-26/h3,5-6,9-14H,4,7-8,15-17H2,1-2H3,(H,24,27)(H,25,28). The zero-order valence-electron chi connectivity index (χ0n) is 16.7. The van der Waals surface area contributed by atoms with Crippen LogP contribution in [-0.2, 0) is 16.1 Å². The van der Waals surface area contributed by atoms with Crippen LogP contribution in [0.3, 0.4) is 0 Å². The van der Waals surface area contributed by atoms with E-state index in [1.165, 1.54) is 24.9 Å². The molecule has 1 aliphatic heterocycles. The molecular formula is C23H29N3O2. The molecule has 2 aromatic carbocycles. The minimum atomic E-state index is -1.17. The van der Waals surface area contributed by atoms with Gasteiger partial charge in [-0.15, -0.1) is 0 Å². The van der Waals surface area contributed by atoms with Gasteiger partial charge < -0.3 is 15.5 Å². The molecule has 2 aromatic rings. The number of nitrogens with zero attached hydrogens (tertiary/aromatic N) is 1. The Balaban J connectivity index is 1.56. The monoisotopic (exact) mass is 379 g/mol. The third-order valence-corrected chi connectivity index (χ3v) is 5.28. The fraction of sp³-hybridized carbons (Fsp3) is 0.391. The molecular weight excluding hydrogens is 350 g/mol. The van der Waals surface area contributed by atoms with Crippen LogP contribution in [0.25, 0.3) is 0 Å². The van der Waals surface area contributed by atoms with Crippen LogP contribution < -0.4 is 15.5 Å². The normalized spacial score (nSPS) is 14.4. The van der Waals surface area contributed by atoms with Crippen molar-refractivity contribution >= 4 is 23.2 Å². The van der Waals surface area contributed by atoms with Crippen LogP contribution in [0.2, 0.25) is 0 Å². The lowest BCUT2D eigenvalue weighted by Crippen LogP contribution is -2.44. The molecule has 0 radical (unpaired) electrons. The van der Waals surface area contributed by atoms with Gasteiger partial charge in [-0.05, 0) is 62.9 Å². The Morgan fingerprint density at radius 1 is 0.893 bits per heavy atom. The first kappa shape index (κ1) is 19.9. The highest BCUT2D eigenvalue weighted by molar-refractivity contribution is 6.09. The summed E-state index contributed by atoms with van der Waals surface area (Å²) in [6, 6.07) is 17.5. The fourth-order valence-electron chi connectivity index (χ4n) is 3.30. The van der Waals surface area contributed by atoms with Crippen LogP contribution in [0.15, 0.2) is 54.6 Å². The summed E-state index contributed by atoms with van der Waals surface area (Å²) >= 11 is 0. The molecule has 1 heterocycles. The zero-order valence-corrected chi connectivity index (χ0v) is 16.7. The number of carbonyl (C=O) groups is 2. The Morgan fingerprint density at radius 3 is 2.18 bits per heavy atom. The number of hydrogen-bond acceptors (Lipinski definition) is 3. The summed E-state index contributed by atoms with van der Waals surface area (Å²) in [6.07, 6.45) is 3.75. The van der Waals surface area contributed by atoms with Crippen LogP contribution >= 0.6 is 0 Å². The lowest BCUT2D eigenvalue weighted by atomic mass is 9.90. The van der Waals surface area contributed by atoms with E-state index in [1.807, 2.05) is 54.6 Å². The van der Waals surface area contributed by atoms with E-state index in [4.69, 9.17) is 0 Å². The fourth-order valence-corrected chi connectivity index (χ4v) is 3.30. The number of benzene rings is 2. The number of carbonyl (C=O) groups excluding carboxylic acids is 2. The van der Waals surface area contributed by atoms with Gasteiger partial charge >= 0.3 is 0 Å². The molecule has 0 aliphatic carbocycles. The van der Waals surface area contributed by atoms with Gasteiger partial charge in [0.25, 0.3) is 0 Å². The highest BCUT2D eigenvalue weighted by Crippen LogP contribution is 2.24. The summed E-state index contributed by atoms with van der Waals surface area (Å²) in [7, 11) is 0. The van der Waals surface area contributed by atoms with E-state index in [-0.39, 0.29) is 11.8 Å². The topological polar surface area (TPSA) is 61.4 Å². The average molecular weight is 380 g/mol. The number of piperidine rings is 1. The van der Waals surface area contributed by atoms with E-state index in [1.54, 1.807) is 13.8 Å². The lowest BCUT2D eigenvalue weighted by Gasteiger charge is -2.29. The summed E-state index contributed by atoms with van der Waals surface area (Å²) in [5.74, 6) is -0.609. The quantitative estimate of drug-likeness (QED) is 0.747. The minimum absolute atomic E-state index is 0.293. The van der Waals surface area contributed by atoms with Crippen molar-refractivity contribution in [1.82, 2.24) is 5.32 Å². The molecule has 0 bridgehead atoms. The molecule has 5 nitrogen and oxygen atoms in total. The predicted octanol–water partition coefficient (Wildman–Crippen LogP) is 3.96. The van der Waals surface area contributed by atoms with Crippen molar-refractivity contribution in [2.45, 2.75) is 39.7 Å². The van der Waals surface area contributed by atoms with Gasteiger partial charge in [-0.25, -0.2) is 0 Å². The molecule has 28 heavy (non-hydrogen) atoms. The average Bonchev–Trinajstić information content (AvgIpc) is 2.73. The molecule has 5 heteroatoms. The SMILES string of the molecule is CC(C)(C(=O)NCc1ccccc1)C(=O)Nc1ccc(N2CCCCC2)cc1. The number of amides is 2. The van der Waals surface area contributed by atoms with Crippen molar-refractivity contribution in [2.24, 2.45) is 5.41 Å². The molecule has 0 atom stereocenters. The second-order valence-corrected chi connectivity index (χ2v) is 7.84. The van der Waals surface area contributed by atoms with Crippen LogP contribution in [0.1, 0.15) is 38.7 Å². The second kappa shape index (κ2) is 8.91. The number of hydrogen-bond donors (Lipinski definition) is 2. The Morgan fingerprint density at radius 2 is 1.54 bits per heavy atom. The molecule has 3 rings (SSSR count). The Bertz CT molecular complexity index is 794. The van der Waals surface area contributed by atoms with Gasteiger partial charge in [-0.1, -0.05) is 30.3 Å². The van der Waals surface area contributed by atoms with Gasteiger partial charge in [0.1, 0.15) is 5.41 Å². The van der Waals surface area contributed by atoms with Crippen LogP contribution in [0.5, 0.6) is 0 Å². The first-order valence-corrected chi connectivity index (χ1v) is 9.95. The van der Waals surface area contributed by atoms with Gasteiger partial charge in [-0.3, -0.25) is 9.59 Å². The van der Waals surface area contributed by atoms with E-state index in [0.29, 0.717) is 12.2 Å². The van der Waals surface area contributed by atoms with Gasteiger partial charge in [0, 0.05) is 31.0 Å². The maximum atomic E-state index is 12.7. The maximum Gasteiger partial charge on any atom is 0.239 e. The van der Waals surface area contributed by atoms with E-state index in [2.05, 4.69) is 15.5 Å². The molecule has 1 fully saturated rings. The van der Waals surface area contributed by atoms with Gasteiger partial charge in [-0.2, -0.15) is 0 Å². The maximum absolute atomic E-state index is 12.7. The minimum Gasteiger partial charge on any atom is -0.372 e. The second-order valence-electron chi connectivity index (χ2n) is 7.84. The first-order chi connectivity index (χ1) is 13.5. The highest BCUT2D eigenvalue weighted by Gasteiger charge is 2.35. The molecule has 1 saturated heterocycles. The zero-order chi connectivity index (χ0) is 20.0. The van der Waals surface area contributed by atoms with Crippen LogP contribution in [0, 0.1) is 5.41 Å². The third-order valence-electron chi connectivity index (χ3n) is 5.28. The van der Waals surface area contributed by atoms with Gasteiger partial charge in [0.2, 0.25) is 11.8 Å². The summed E-state index contributed by atoms with van der Waals surface area (Å²) < 4.78 is 0. The van der Waals surface area contributed by atoms with E-state index in [9.17, 15) is 9.59 Å². The molecule has 0 spiro atoms. The summed E-state index contributed by atoms with van der Waals surface area (Å²) in [4.78, 5) is 27.6. The van der Waals surface area contributed by atoms with Gasteiger partial charge in [0.05, 0.1) is 0 Å². The third kappa shape index (κ3) is 4.91.